The van der Waals surface area contributed by atoms with E-state index in [0.717, 1.165) is 29.8 Å². The molecule has 1 aromatic heterocycles. The molecule has 0 bridgehead atoms. The van der Waals surface area contributed by atoms with Gasteiger partial charge in [0.15, 0.2) is 0 Å². The normalized spacial score (nSPS) is 11.9. The zero-order valence-corrected chi connectivity index (χ0v) is 15.9. The summed E-state index contributed by atoms with van der Waals surface area (Å²) < 4.78 is 2.21. The molecule has 0 fully saturated rings. The molecule has 1 N–H and O–H groups in total. The minimum absolute atomic E-state index is 0.0343. The number of amides is 1. The molecule has 0 atom stereocenters. The third kappa shape index (κ3) is 3.85. The average molecular weight is 347 g/mol. The Morgan fingerprint density at radius 3 is 2.60 bits per heavy atom. The Morgan fingerprint density at radius 1 is 1.32 bits per heavy atom. The Balaban J connectivity index is 2.47. The van der Waals surface area contributed by atoms with Crippen LogP contribution in [0.4, 0.5) is 0 Å². The van der Waals surface area contributed by atoms with E-state index in [1.165, 1.54) is 5.06 Å². The highest BCUT2D eigenvalue weighted by Gasteiger charge is 2.26. The fourth-order valence-electron chi connectivity index (χ4n) is 2.87. The molecule has 0 radical (unpaired) electrons. The van der Waals surface area contributed by atoms with E-state index < -0.39 is 0 Å². The lowest BCUT2D eigenvalue weighted by molar-refractivity contribution is -0.123. The molecule has 2 aromatic rings. The van der Waals surface area contributed by atoms with E-state index in [0.29, 0.717) is 12.2 Å². The molecule has 0 saturated carbocycles. The van der Waals surface area contributed by atoms with Crippen LogP contribution in [0.2, 0.25) is 0 Å². The summed E-state index contributed by atoms with van der Waals surface area (Å²) in [5.41, 5.74) is 2.31. The minimum atomic E-state index is -0.264. The van der Waals surface area contributed by atoms with Gasteiger partial charge in [0.2, 0.25) is 0 Å². The Hall–Kier alpha value is -1.92. The van der Waals surface area contributed by atoms with Gasteiger partial charge in [-0.05, 0) is 38.5 Å². The van der Waals surface area contributed by atoms with Crippen LogP contribution in [0, 0.1) is 0 Å². The van der Waals surface area contributed by atoms with Crippen molar-refractivity contribution in [1.29, 1.82) is 0 Å². The number of imidazole rings is 1. The number of carbonyl (C=O) groups excluding carboxylic acids is 1. The van der Waals surface area contributed by atoms with E-state index in [4.69, 9.17) is 14.9 Å². The first-order valence-corrected chi connectivity index (χ1v) is 8.95. The number of benzene rings is 1. The van der Waals surface area contributed by atoms with E-state index in [9.17, 15) is 4.79 Å². The summed E-state index contributed by atoms with van der Waals surface area (Å²) in [6.07, 6.45) is 0.983. The zero-order valence-electron chi connectivity index (χ0n) is 15.9. The van der Waals surface area contributed by atoms with Crippen LogP contribution >= 0.6 is 0 Å². The van der Waals surface area contributed by atoms with Gasteiger partial charge < -0.3 is 9.67 Å². The number of rotatable bonds is 8. The number of nitrogens with zero attached hydrogens (tertiary/aromatic N) is 3. The highest BCUT2D eigenvalue weighted by atomic mass is 16.7. The van der Waals surface area contributed by atoms with Gasteiger partial charge in [-0.15, -0.1) is 0 Å². The third-order valence-corrected chi connectivity index (χ3v) is 4.62. The lowest BCUT2D eigenvalue weighted by Gasteiger charge is -2.23. The average Bonchev–Trinajstić information content (AvgIpc) is 2.99. The van der Waals surface area contributed by atoms with Crippen LogP contribution in [0.5, 0.6) is 0 Å². The SMILES string of the molecule is CCON(CCO)C(=O)c1ccc2c(c1)nc(C(C)(C)CC)n2CC. The number of hydroxylamine groups is 2. The quantitative estimate of drug-likeness (QED) is 0.745. The summed E-state index contributed by atoms with van der Waals surface area (Å²) in [5, 5.41) is 10.3. The Labute approximate surface area is 149 Å². The molecule has 1 amide bonds. The Kier molecular flexibility index (Phi) is 6.19. The van der Waals surface area contributed by atoms with Gasteiger partial charge in [-0.1, -0.05) is 20.8 Å². The van der Waals surface area contributed by atoms with E-state index in [-0.39, 0.29) is 24.5 Å². The summed E-state index contributed by atoms with van der Waals surface area (Å²) in [6.45, 7) is 11.6. The first-order chi connectivity index (χ1) is 11.9. The van der Waals surface area contributed by atoms with Crippen LogP contribution < -0.4 is 0 Å². The van der Waals surface area contributed by atoms with Gasteiger partial charge >= 0.3 is 0 Å². The molecule has 1 aromatic carbocycles. The fraction of sp³-hybridized carbons (Fsp3) is 0.579. The molecule has 0 spiro atoms. The predicted molar refractivity (Wildman–Crippen MR) is 98.5 cm³/mol. The lowest BCUT2D eigenvalue weighted by atomic mass is 9.89. The topological polar surface area (TPSA) is 67.6 Å². The van der Waals surface area contributed by atoms with Crippen molar-refractivity contribution >= 4 is 16.9 Å². The first kappa shape index (κ1) is 19.4. The van der Waals surface area contributed by atoms with E-state index in [2.05, 4.69) is 32.3 Å². The van der Waals surface area contributed by atoms with Crippen molar-refractivity contribution in [1.82, 2.24) is 14.6 Å². The van der Waals surface area contributed by atoms with E-state index in [1.54, 1.807) is 6.07 Å². The van der Waals surface area contributed by atoms with Gasteiger partial charge in [0.1, 0.15) is 5.82 Å². The number of aromatic nitrogens is 2. The molecule has 0 aliphatic rings. The van der Waals surface area contributed by atoms with Gasteiger partial charge in [-0.3, -0.25) is 9.63 Å². The maximum absolute atomic E-state index is 12.6. The molecule has 0 aliphatic carbocycles. The second-order valence-electron chi connectivity index (χ2n) is 6.67. The van der Waals surface area contributed by atoms with Crippen LogP contribution in [-0.4, -0.2) is 45.4 Å². The van der Waals surface area contributed by atoms with Gasteiger partial charge in [-0.2, -0.15) is 0 Å². The number of aliphatic hydroxyl groups is 1. The largest absolute Gasteiger partial charge is 0.394 e. The molecule has 0 unspecified atom stereocenters. The second-order valence-corrected chi connectivity index (χ2v) is 6.67. The third-order valence-electron chi connectivity index (χ3n) is 4.62. The molecule has 6 nitrogen and oxygen atoms in total. The number of carbonyl (C=O) groups is 1. The standard InChI is InChI=1S/C19H29N3O3/c1-6-19(4,5)18-20-15-13-14(9-10-16(15)21(18)7-2)17(24)22(11-12-23)25-8-3/h9-10,13,23H,6-8,11-12H2,1-5H3. The number of fused-ring (bicyclic) bond motifs is 1. The summed E-state index contributed by atoms with van der Waals surface area (Å²) in [4.78, 5) is 22.8. The van der Waals surface area contributed by atoms with E-state index in [1.807, 2.05) is 19.1 Å². The fourth-order valence-corrected chi connectivity index (χ4v) is 2.87. The Morgan fingerprint density at radius 2 is 2.04 bits per heavy atom. The smallest absolute Gasteiger partial charge is 0.277 e. The number of aliphatic hydroxyl groups excluding tert-OH is 1. The lowest BCUT2D eigenvalue weighted by Crippen LogP contribution is -2.33. The summed E-state index contributed by atoms with van der Waals surface area (Å²) >= 11 is 0. The predicted octanol–water partition coefficient (Wildman–Crippen LogP) is 3.13. The highest BCUT2D eigenvalue weighted by Crippen LogP contribution is 2.30. The van der Waals surface area contributed by atoms with Crippen molar-refractivity contribution in [2.75, 3.05) is 19.8 Å². The molecule has 0 saturated heterocycles. The zero-order chi connectivity index (χ0) is 18.6. The van der Waals surface area contributed by atoms with Gasteiger partial charge in [-0.25, -0.2) is 10.0 Å². The first-order valence-electron chi connectivity index (χ1n) is 8.95. The summed E-state index contributed by atoms with van der Waals surface area (Å²) in [6, 6.07) is 5.55. The van der Waals surface area contributed by atoms with E-state index >= 15 is 0 Å². The molecule has 25 heavy (non-hydrogen) atoms. The molecule has 2 rings (SSSR count). The van der Waals surface area contributed by atoms with Crippen molar-refractivity contribution in [2.45, 2.75) is 53.0 Å². The minimum Gasteiger partial charge on any atom is -0.394 e. The number of hydrogen-bond acceptors (Lipinski definition) is 4. The van der Waals surface area contributed by atoms with Crippen molar-refractivity contribution in [2.24, 2.45) is 0 Å². The van der Waals surface area contributed by atoms with Crippen LogP contribution in [0.3, 0.4) is 0 Å². The van der Waals surface area contributed by atoms with Crippen LogP contribution in [0.25, 0.3) is 11.0 Å². The summed E-state index contributed by atoms with van der Waals surface area (Å²) in [5.74, 6) is 0.772. The molecular formula is C19H29N3O3. The van der Waals surface area contributed by atoms with Crippen molar-refractivity contribution in [3.8, 4) is 0 Å². The molecule has 1 heterocycles. The molecule has 6 heteroatoms. The Bertz CT molecular complexity index is 731. The van der Waals surface area contributed by atoms with Crippen LogP contribution in [0.15, 0.2) is 18.2 Å². The van der Waals surface area contributed by atoms with Gasteiger partial charge in [0, 0.05) is 17.5 Å². The van der Waals surface area contributed by atoms with Crippen molar-refractivity contribution in [3.63, 3.8) is 0 Å². The number of hydrogen-bond donors (Lipinski definition) is 1. The highest BCUT2D eigenvalue weighted by molar-refractivity contribution is 5.97. The van der Waals surface area contributed by atoms with Crippen LogP contribution in [-0.2, 0) is 16.8 Å². The monoisotopic (exact) mass is 347 g/mol. The molecular weight excluding hydrogens is 318 g/mol. The maximum Gasteiger partial charge on any atom is 0.277 e. The van der Waals surface area contributed by atoms with Gasteiger partial charge in [0.25, 0.3) is 5.91 Å². The molecule has 0 aliphatic heterocycles. The van der Waals surface area contributed by atoms with Crippen LogP contribution in [0.1, 0.15) is 57.2 Å². The van der Waals surface area contributed by atoms with Crippen molar-refractivity contribution < 1.29 is 14.7 Å². The van der Waals surface area contributed by atoms with Crippen molar-refractivity contribution in [3.05, 3.63) is 29.6 Å². The molecule has 138 valence electrons. The summed E-state index contributed by atoms with van der Waals surface area (Å²) in [7, 11) is 0. The van der Waals surface area contributed by atoms with Gasteiger partial charge in [0.05, 0.1) is 30.8 Å². The second kappa shape index (κ2) is 7.97. The number of aryl methyl sites for hydroxylation is 1. The maximum atomic E-state index is 12.6.